The minimum absolute atomic E-state index is 0.253. The van der Waals surface area contributed by atoms with Crippen LogP contribution in [0.2, 0.25) is 0 Å². The molecule has 4 atom stereocenters. The van der Waals surface area contributed by atoms with Crippen molar-refractivity contribution in [2.45, 2.75) is 44.5 Å². The Morgan fingerprint density at radius 2 is 2.18 bits per heavy atom. The van der Waals surface area contributed by atoms with Crippen molar-refractivity contribution in [3.63, 3.8) is 0 Å². The fourth-order valence-corrected chi connectivity index (χ4v) is 4.51. The normalized spacial score (nSPS) is 41.2. The van der Waals surface area contributed by atoms with Crippen molar-refractivity contribution in [1.29, 1.82) is 0 Å². The van der Waals surface area contributed by atoms with Gasteiger partial charge in [-0.05, 0) is 30.2 Å². The van der Waals surface area contributed by atoms with Crippen LogP contribution in [0.4, 0.5) is 0 Å². The molecule has 1 saturated heterocycles. The minimum atomic E-state index is 0.253. The Bertz CT molecular complexity index is 319. The Morgan fingerprint density at radius 3 is 2.65 bits per heavy atom. The molecule has 4 unspecified atom stereocenters. The van der Waals surface area contributed by atoms with Crippen LogP contribution in [0.5, 0.6) is 0 Å². The highest BCUT2D eigenvalue weighted by molar-refractivity contribution is 9.09. The van der Waals surface area contributed by atoms with E-state index >= 15 is 0 Å². The summed E-state index contributed by atoms with van der Waals surface area (Å²) in [7, 11) is 0. The standard InChI is InChI=1S/C13H23BrN2O/c1-8-5-13(2,3)10(6-15)12(8)16-7-9(14)4-11(16)17/h8-10,12H,4-7,15H2,1-3H3. The SMILES string of the molecule is CC1CC(C)(C)C(CN)C1N1CC(Br)CC1=O. The Morgan fingerprint density at radius 1 is 1.53 bits per heavy atom. The van der Waals surface area contributed by atoms with Gasteiger partial charge >= 0.3 is 0 Å². The number of alkyl halides is 1. The molecular weight excluding hydrogens is 280 g/mol. The first-order valence-electron chi connectivity index (χ1n) is 6.50. The Balaban J connectivity index is 2.22. The van der Waals surface area contributed by atoms with Crippen LogP contribution in [0.15, 0.2) is 0 Å². The first-order chi connectivity index (χ1) is 7.86. The predicted molar refractivity (Wildman–Crippen MR) is 72.9 cm³/mol. The fraction of sp³-hybridized carbons (Fsp3) is 0.923. The maximum atomic E-state index is 12.0. The van der Waals surface area contributed by atoms with Crippen LogP contribution in [0.25, 0.3) is 0 Å². The average molecular weight is 303 g/mol. The number of likely N-dealkylation sites (tertiary alicyclic amines) is 1. The fourth-order valence-electron chi connectivity index (χ4n) is 3.92. The first kappa shape index (κ1) is 13.3. The van der Waals surface area contributed by atoms with Crippen molar-refractivity contribution in [3.8, 4) is 0 Å². The summed E-state index contributed by atoms with van der Waals surface area (Å²) in [6.45, 7) is 8.36. The van der Waals surface area contributed by atoms with Crippen LogP contribution in [-0.4, -0.2) is 34.8 Å². The Hall–Kier alpha value is -0.0900. The Labute approximate surface area is 112 Å². The highest BCUT2D eigenvalue weighted by Gasteiger charge is 2.50. The second kappa shape index (κ2) is 4.54. The number of nitrogens with zero attached hydrogens (tertiary/aromatic N) is 1. The summed E-state index contributed by atoms with van der Waals surface area (Å²) in [6.07, 6.45) is 1.80. The third kappa shape index (κ3) is 2.26. The van der Waals surface area contributed by atoms with Gasteiger partial charge < -0.3 is 10.6 Å². The number of hydrogen-bond donors (Lipinski definition) is 1. The lowest BCUT2D eigenvalue weighted by molar-refractivity contribution is -0.131. The van der Waals surface area contributed by atoms with Crippen molar-refractivity contribution in [3.05, 3.63) is 0 Å². The van der Waals surface area contributed by atoms with E-state index in [9.17, 15) is 4.79 Å². The van der Waals surface area contributed by atoms with Crippen LogP contribution in [0, 0.1) is 17.3 Å². The zero-order chi connectivity index (χ0) is 12.8. The van der Waals surface area contributed by atoms with E-state index in [1.807, 2.05) is 0 Å². The summed E-state index contributed by atoms with van der Waals surface area (Å²) in [5.41, 5.74) is 6.21. The minimum Gasteiger partial charge on any atom is -0.338 e. The highest BCUT2D eigenvalue weighted by Crippen LogP contribution is 2.48. The highest BCUT2D eigenvalue weighted by atomic mass is 79.9. The molecule has 17 heavy (non-hydrogen) atoms. The number of halogens is 1. The number of carbonyl (C=O) groups excluding carboxylic acids is 1. The lowest BCUT2D eigenvalue weighted by Gasteiger charge is -2.35. The topological polar surface area (TPSA) is 46.3 Å². The maximum absolute atomic E-state index is 12.0. The van der Waals surface area contributed by atoms with Crippen LogP contribution < -0.4 is 5.73 Å². The van der Waals surface area contributed by atoms with Gasteiger partial charge in [0.25, 0.3) is 0 Å². The Kier molecular flexibility index (Phi) is 3.56. The van der Waals surface area contributed by atoms with Crippen LogP contribution >= 0.6 is 15.9 Å². The van der Waals surface area contributed by atoms with Gasteiger partial charge in [-0.1, -0.05) is 36.7 Å². The number of amides is 1. The van der Waals surface area contributed by atoms with E-state index in [1.54, 1.807) is 0 Å². The molecule has 2 N–H and O–H groups in total. The molecule has 1 aliphatic heterocycles. The molecule has 1 saturated carbocycles. The zero-order valence-electron chi connectivity index (χ0n) is 10.9. The monoisotopic (exact) mass is 302 g/mol. The number of rotatable bonds is 2. The smallest absolute Gasteiger partial charge is 0.224 e. The molecule has 0 spiro atoms. The van der Waals surface area contributed by atoms with Crippen molar-refractivity contribution in [2.75, 3.05) is 13.1 Å². The van der Waals surface area contributed by atoms with Crippen molar-refractivity contribution in [2.24, 2.45) is 23.0 Å². The number of carbonyl (C=O) groups is 1. The molecule has 0 radical (unpaired) electrons. The zero-order valence-corrected chi connectivity index (χ0v) is 12.5. The van der Waals surface area contributed by atoms with Gasteiger partial charge in [-0.25, -0.2) is 0 Å². The van der Waals surface area contributed by atoms with Crippen LogP contribution in [0.1, 0.15) is 33.6 Å². The second-order valence-corrected chi connectivity index (χ2v) is 7.65. The number of hydrogen-bond acceptors (Lipinski definition) is 2. The summed E-state index contributed by atoms with van der Waals surface area (Å²) in [6, 6.07) is 0.338. The van der Waals surface area contributed by atoms with E-state index in [2.05, 4.69) is 41.6 Å². The quantitative estimate of drug-likeness (QED) is 0.793. The van der Waals surface area contributed by atoms with E-state index in [-0.39, 0.29) is 5.41 Å². The van der Waals surface area contributed by atoms with Gasteiger partial charge in [0.05, 0.1) is 0 Å². The van der Waals surface area contributed by atoms with Gasteiger partial charge in [0, 0.05) is 23.8 Å². The summed E-state index contributed by atoms with van der Waals surface area (Å²) in [5.74, 6) is 1.28. The lowest BCUT2D eigenvalue weighted by Crippen LogP contribution is -2.46. The lowest BCUT2D eigenvalue weighted by atomic mass is 9.80. The summed E-state index contributed by atoms with van der Waals surface area (Å²) in [5, 5.41) is 0. The molecule has 1 amide bonds. The summed E-state index contributed by atoms with van der Waals surface area (Å²) < 4.78 is 0. The third-order valence-corrected chi connectivity index (χ3v) is 5.19. The molecule has 1 heterocycles. The first-order valence-corrected chi connectivity index (χ1v) is 7.42. The second-order valence-electron chi connectivity index (χ2n) is 6.35. The molecule has 0 aromatic carbocycles. The average Bonchev–Trinajstić information content (AvgIpc) is 2.62. The molecule has 2 fully saturated rings. The van der Waals surface area contributed by atoms with E-state index in [1.165, 1.54) is 0 Å². The van der Waals surface area contributed by atoms with Gasteiger partial charge in [0.1, 0.15) is 0 Å². The molecule has 0 bridgehead atoms. The van der Waals surface area contributed by atoms with Crippen LogP contribution in [0.3, 0.4) is 0 Å². The molecule has 2 aliphatic rings. The van der Waals surface area contributed by atoms with Gasteiger partial charge in [0.2, 0.25) is 5.91 Å². The van der Waals surface area contributed by atoms with E-state index < -0.39 is 0 Å². The molecule has 2 rings (SSSR count). The van der Waals surface area contributed by atoms with Crippen LogP contribution in [-0.2, 0) is 4.79 Å². The molecule has 0 aromatic rings. The van der Waals surface area contributed by atoms with Crippen molar-refractivity contribution >= 4 is 21.8 Å². The van der Waals surface area contributed by atoms with Gasteiger partial charge in [-0.3, -0.25) is 4.79 Å². The largest absolute Gasteiger partial charge is 0.338 e. The summed E-state index contributed by atoms with van der Waals surface area (Å²) in [4.78, 5) is 14.4. The molecule has 3 nitrogen and oxygen atoms in total. The van der Waals surface area contributed by atoms with Gasteiger partial charge in [-0.15, -0.1) is 0 Å². The van der Waals surface area contributed by atoms with E-state index in [0.717, 1.165) is 13.0 Å². The van der Waals surface area contributed by atoms with E-state index in [4.69, 9.17) is 5.73 Å². The predicted octanol–water partition coefficient (Wildman–Crippen LogP) is 1.99. The molecular formula is C13H23BrN2O. The molecule has 98 valence electrons. The molecule has 1 aliphatic carbocycles. The van der Waals surface area contributed by atoms with Crippen molar-refractivity contribution < 1.29 is 4.79 Å². The van der Waals surface area contributed by atoms with Gasteiger partial charge in [-0.2, -0.15) is 0 Å². The number of nitrogens with two attached hydrogens (primary N) is 1. The molecule has 4 heteroatoms. The summed E-state index contributed by atoms with van der Waals surface area (Å²) >= 11 is 3.56. The van der Waals surface area contributed by atoms with Crippen molar-refractivity contribution in [1.82, 2.24) is 4.90 Å². The maximum Gasteiger partial charge on any atom is 0.224 e. The van der Waals surface area contributed by atoms with E-state index in [0.29, 0.717) is 41.6 Å². The third-order valence-electron chi connectivity index (χ3n) is 4.57. The molecule has 0 aromatic heterocycles. The van der Waals surface area contributed by atoms with Gasteiger partial charge in [0.15, 0.2) is 0 Å².